The van der Waals surface area contributed by atoms with Crippen molar-refractivity contribution in [1.29, 1.82) is 0 Å². The fraction of sp³-hybridized carbons (Fsp3) is 1.00. The maximum atomic E-state index is 10.9. The van der Waals surface area contributed by atoms with Gasteiger partial charge in [-0.2, -0.15) is 0 Å². The van der Waals surface area contributed by atoms with Crippen molar-refractivity contribution in [2.75, 3.05) is 18.6 Å². The molecule has 1 aliphatic carbocycles. The summed E-state index contributed by atoms with van der Waals surface area (Å²) in [5.74, 6) is 1.06. The molecule has 14 heavy (non-hydrogen) atoms. The van der Waals surface area contributed by atoms with E-state index in [9.17, 15) is 8.42 Å². The Morgan fingerprint density at radius 1 is 1.36 bits per heavy atom. The van der Waals surface area contributed by atoms with Crippen LogP contribution < -0.4 is 5.32 Å². The Bertz CT molecular complexity index is 261. The predicted octanol–water partition coefficient (Wildman–Crippen LogP) is 1.20. The highest BCUT2D eigenvalue weighted by Crippen LogP contribution is 2.24. The summed E-state index contributed by atoms with van der Waals surface area (Å²) in [6, 6.07) is 0.620. The van der Waals surface area contributed by atoms with Crippen LogP contribution in [0.2, 0.25) is 0 Å². The van der Waals surface area contributed by atoms with Gasteiger partial charge in [-0.05, 0) is 31.7 Å². The summed E-state index contributed by atoms with van der Waals surface area (Å²) in [7, 11) is -2.77. The van der Waals surface area contributed by atoms with E-state index in [0.717, 1.165) is 18.9 Å². The standard InChI is InChI=1S/C10H21NO2S/c1-9-5-3-6-10(9)11-7-4-8-14(2,12)13/h9-11H,3-8H2,1-2H3. The third kappa shape index (κ3) is 4.42. The van der Waals surface area contributed by atoms with Crippen LogP contribution in [-0.4, -0.2) is 33.0 Å². The Morgan fingerprint density at radius 2 is 2.07 bits per heavy atom. The molecular weight excluding hydrogens is 198 g/mol. The minimum Gasteiger partial charge on any atom is -0.314 e. The van der Waals surface area contributed by atoms with Crippen molar-refractivity contribution >= 4 is 9.84 Å². The second kappa shape index (κ2) is 5.12. The number of hydrogen-bond donors (Lipinski definition) is 1. The van der Waals surface area contributed by atoms with E-state index in [2.05, 4.69) is 12.2 Å². The van der Waals surface area contributed by atoms with Crippen LogP contribution in [0.3, 0.4) is 0 Å². The van der Waals surface area contributed by atoms with E-state index in [-0.39, 0.29) is 0 Å². The molecule has 84 valence electrons. The fourth-order valence-electron chi connectivity index (χ4n) is 2.07. The Balaban J connectivity index is 2.09. The fourth-order valence-corrected chi connectivity index (χ4v) is 2.74. The lowest BCUT2D eigenvalue weighted by Gasteiger charge is -2.16. The molecule has 1 rings (SSSR count). The van der Waals surface area contributed by atoms with Crippen LogP contribution in [0.5, 0.6) is 0 Å². The SMILES string of the molecule is CC1CCCC1NCCCS(C)(=O)=O. The van der Waals surface area contributed by atoms with Crippen molar-refractivity contribution < 1.29 is 8.42 Å². The third-order valence-electron chi connectivity index (χ3n) is 2.96. The van der Waals surface area contributed by atoms with Crippen molar-refractivity contribution in [2.24, 2.45) is 5.92 Å². The van der Waals surface area contributed by atoms with Crippen molar-refractivity contribution in [3.8, 4) is 0 Å². The van der Waals surface area contributed by atoms with Gasteiger partial charge in [0.05, 0.1) is 5.75 Å². The number of nitrogens with one attached hydrogen (secondary N) is 1. The van der Waals surface area contributed by atoms with Crippen LogP contribution in [0.15, 0.2) is 0 Å². The molecule has 0 aromatic rings. The van der Waals surface area contributed by atoms with Gasteiger partial charge in [0.25, 0.3) is 0 Å². The molecular formula is C10H21NO2S. The molecule has 1 N–H and O–H groups in total. The zero-order valence-electron chi connectivity index (χ0n) is 9.12. The Morgan fingerprint density at radius 3 is 2.57 bits per heavy atom. The largest absolute Gasteiger partial charge is 0.314 e. The highest BCUT2D eigenvalue weighted by atomic mass is 32.2. The average Bonchev–Trinajstić information content (AvgIpc) is 2.44. The van der Waals surface area contributed by atoms with Crippen LogP contribution in [0.1, 0.15) is 32.6 Å². The average molecular weight is 219 g/mol. The van der Waals surface area contributed by atoms with E-state index in [1.807, 2.05) is 0 Å². The molecule has 0 radical (unpaired) electrons. The summed E-state index contributed by atoms with van der Waals surface area (Å²) in [4.78, 5) is 0. The summed E-state index contributed by atoms with van der Waals surface area (Å²) in [5, 5.41) is 3.44. The quantitative estimate of drug-likeness (QED) is 0.707. The van der Waals surface area contributed by atoms with Gasteiger partial charge in [-0.3, -0.25) is 0 Å². The van der Waals surface area contributed by atoms with Crippen molar-refractivity contribution in [1.82, 2.24) is 5.32 Å². The molecule has 0 heterocycles. The van der Waals surface area contributed by atoms with Gasteiger partial charge in [-0.15, -0.1) is 0 Å². The van der Waals surface area contributed by atoms with Crippen LogP contribution in [0.25, 0.3) is 0 Å². The molecule has 0 aromatic heterocycles. The molecule has 4 heteroatoms. The summed E-state index contributed by atoms with van der Waals surface area (Å²) in [6.45, 7) is 3.10. The van der Waals surface area contributed by atoms with E-state index < -0.39 is 9.84 Å². The second-order valence-electron chi connectivity index (χ2n) is 4.45. The second-order valence-corrected chi connectivity index (χ2v) is 6.71. The lowest BCUT2D eigenvalue weighted by atomic mass is 10.1. The summed E-state index contributed by atoms with van der Waals surface area (Å²) < 4.78 is 21.7. The lowest BCUT2D eigenvalue weighted by Crippen LogP contribution is -2.32. The first-order chi connectivity index (χ1) is 6.49. The molecule has 0 amide bonds. The zero-order chi connectivity index (χ0) is 10.6. The molecule has 0 aliphatic heterocycles. The molecule has 0 aromatic carbocycles. The Kier molecular flexibility index (Phi) is 4.38. The molecule has 0 bridgehead atoms. The van der Waals surface area contributed by atoms with Gasteiger partial charge in [0, 0.05) is 12.3 Å². The first kappa shape index (κ1) is 12.0. The first-order valence-electron chi connectivity index (χ1n) is 5.40. The van der Waals surface area contributed by atoms with Gasteiger partial charge in [0.15, 0.2) is 0 Å². The summed E-state index contributed by atoms with van der Waals surface area (Å²) in [6.07, 6.45) is 5.90. The molecule has 2 unspecified atom stereocenters. The van der Waals surface area contributed by atoms with Crippen molar-refractivity contribution in [3.05, 3.63) is 0 Å². The van der Waals surface area contributed by atoms with Crippen LogP contribution in [-0.2, 0) is 9.84 Å². The van der Waals surface area contributed by atoms with Gasteiger partial charge < -0.3 is 5.32 Å². The summed E-state index contributed by atoms with van der Waals surface area (Å²) in [5.41, 5.74) is 0. The monoisotopic (exact) mass is 219 g/mol. The smallest absolute Gasteiger partial charge is 0.147 e. The van der Waals surface area contributed by atoms with Gasteiger partial charge in [-0.1, -0.05) is 13.3 Å². The number of hydrogen-bond acceptors (Lipinski definition) is 3. The van der Waals surface area contributed by atoms with Gasteiger partial charge >= 0.3 is 0 Å². The summed E-state index contributed by atoms with van der Waals surface area (Å²) >= 11 is 0. The maximum absolute atomic E-state index is 10.9. The van der Waals surface area contributed by atoms with Gasteiger partial charge in [0.1, 0.15) is 9.84 Å². The third-order valence-corrected chi connectivity index (χ3v) is 3.99. The molecule has 1 fully saturated rings. The predicted molar refractivity (Wildman–Crippen MR) is 59.1 cm³/mol. The Labute approximate surface area is 87.2 Å². The molecule has 2 atom stereocenters. The lowest BCUT2D eigenvalue weighted by molar-refractivity contribution is 0.428. The van der Waals surface area contributed by atoms with E-state index in [1.165, 1.54) is 25.5 Å². The molecule has 3 nitrogen and oxygen atoms in total. The van der Waals surface area contributed by atoms with E-state index >= 15 is 0 Å². The van der Waals surface area contributed by atoms with Crippen LogP contribution in [0.4, 0.5) is 0 Å². The molecule has 0 spiro atoms. The Hall–Kier alpha value is -0.0900. The van der Waals surface area contributed by atoms with Gasteiger partial charge in [-0.25, -0.2) is 8.42 Å². The van der Waals surface area contributed by atoms with E-state index in [4.69, 9.17) is 0 Å². The van der Waals surface area contributed by atoms with Gasteiger partial charge in [0.2, 0.25) is 0 Å². The highest BCUT2D eigenvalue weighted by Gasteiger charge is 2.22. The van der Waals surface area contributed by atoms with Crippen molar-refractivity contribution in [3.63, 3.8) is 0 Å². The van der Waals surface area contributed by atoms with Crippen molar-refractivity contribution in [2.45, 2.75) is 38.6 Å². The van der Waals surface area contributed by atoms with E-state index in [0.29, 0.717) is 11.8 Å². The normalized spacial score (nSPS) is 28.1. The minimum absolute atomic E-state index is 0.307. The maximum Gasteiger partial charge on any atom is 0.147 e. The number of sulfone groups is 1. The molecule has 1 aliphatic rings. The minimum atomic E-state index is -2.77. The molecule has 1 saturated carbocycles. The first-order valence-corrected chi connectivity index (χ1v) is 7.46. The number of rotatable bonds is 5. The molecule has 0 saturated heterocycles. The van der Waals surface area contributed by atoms with E-state index in [1.54, 1.807) is 0 Å². The van der Waals surface area contributed by atoms with Crippen LogP contribution in [0, 0.1) is 5.92 Å². The highest BCUT2D eigenvalue weighted by molar-refractivity contribution is 7.90. The topological polar surface area (TPSA) is 46.2 Å². The van der Waals surface area contributed by atoms with Crippen LogP contribution >= 0.6 is 0 Å². The zero-order valence-corrected chi connectivity index (χ0v) is 9.94.